The van der Waals surface area contributed by atoms with Crippen LogP contribution in [-0.2, 0) is 6.61 Å². The van der Waals surface area contributed by atoms with E-state index in [2.05, 4.69) is 4.98 Å². The van der Waals surface area contributed by atoms with Crippen molar-refractivity contribution < 1.29 is 13.9 Å². The van der Waals surface area contributed by atoms with E-state index in [0.717, 1.165) is 0 Å². The molecule has 1 N–H and O–H groups in total. The molecule has 2 aromatic rings. The Hall–Kier alpha value is -1.68. The molecular weight excluding hydrogens is 221 g/mol. The number of nitrogens with zero attached hydrogens (tertiary/aromatic N) is 1. The van der Waals surface area contributed by atoms with Gasteiger partial charge >= 0.3 is 0 Å². The maximum atomic E-state index is 13.2. The topological polar surface area (TPSA) is 46.3 Å². The van der Waals surface area contributed by atoms with Gasteiger partial charge in [0.2, 0.25) is 5.89 Å². The summed E-state index contributed by atoms with van der Waals surface area (Å²) in [7, 11) is 0. The van der Waals surface area contributed by atoms with Gasteiger partial charge in [-0.2, -0.15) is 0 Å². The summed E-state index contributed by atoms with van der Waals surface area (Å²) in [5.41, 5.74) is 1.26. The van der Waals surface area contributed by atoms with Crippen LogP contribution in [0.3, 0.4) is 0 Å². The van der Waals surface area contributed by atoms with E-state index in [1.807, 2.05) is 13.8 Å². The van der Waals surface area contributed by atoms with Gasteiger partial charge in [0.05, 0.1) is 0 Å². The summed E-state index contributed by atoms with van der Waals surface area (Å²) < 4.78 is 18.6. The van der Waals surface area contributed by atoms with Crippen LogP contribution < -0.4 is 0 Å². The zero-order valence-corrected chi connectivity index (χ0v) is 9.77. The molecule has 2 rings (SSSR count). The molecule has 4 heteroatoms. The molecule has 0 aliphatic rings. The second-order valence-corrected chi connectivity index (χ2v) is 4.14. The molecule has 1 aromatic heterocycles. The molecule has 0 radical (unpaired) electrons. The van der Waals surface area contributed by atoms with Gasteiger partial charge in [-0.3, -0.25) is 0 Å². The minimum Gasteiger partial charge on any atom is -0.442 e. The van der Waals surface area contributed by atoms with E-state index in [1.165, 1.54) is 12.1 Å². The van der Waals surface area contributed by atoms with Crippen LogP contribution >= 0.6 is 0 Å². The number of aliphatic hydroxyl groups is 1. The standard InChI is InChI=1S/C13H14FNO2/c1-8(2)13-12(15-11(7-16)17-13)9-4-3-5-10(14)6-9/h3-6,8,16H,7H2,1-2H3. The summed E-state index contributed by atoms with van der Waals surface area (Å²) in [6, 6.07) is 6.19. The van der Waals surface area contributed by atoms with Gasteiger partial charge in [0.1, 0.15) is 23.9 Å². The van der Waals surface area contributed by atoms with E-state index in [9.17, 15) is 4.39 Å². The average Bonchev–Trinajstić information content (AvgIpc) is 2.73. The van der Waals surface area contributed by atoms with Crippen molar-refractivity contribution in [1.29, 1.82) is 0 Å². The Morgan fingerprint density at radius 1 is 1.41 bits per heavy atom. The first-order valence-corrected chi connectivity index (χ1v) is 5.48. The van der Waals surface area contributed by atoms with Crippen LogP contribution in [0.1, 0.15) is 31.4 Å². The third kappa shape index (κ3) is 2.36. The fourth-order valence-corrected chi connectivity index (χ4v) is 1.68. The Morgan fingerprint density at radius 3 is 2.76 bits per heavy atom. The number of aliphatic hydroxyl groups excluding tert-OH is 1. The van der Waals surface area contributed by atoms with E-state index in [-0.39, 0.29) is 24.2 Å². The van der Waals surface area contributed by atoms with Gasteiger partial charge in [0.25, 0.3) is 0 Å². The van der Waals surface area contributed by atoms with Gasteiger partial charge in [0, 0.05) is 11.5 Å². The molecule has 90 valence electrons. The first-order chi connectivity index (χ1) is 8.11. The van der Waals surface area contributed by atoms with Crippen LogP contribution in [0.5, 0.6) is 0 Å². The number of hydrogen-bond acceptors (Lipinski definition) is 3. The Morgan fingerprint density at radius 2 is 2.18 bits per heavy atom. The maximum absolute atomic E-state index is 13.2. The van der Waals surface area contributed by atoms with Crippen molar-refractivity contribution in [2.45, 2.75) is 26.4 Å². The largest absolute Gasteiger partial charge is 0.442 e. The second-order valence-electron chi connectivity index (χ2n) is 4.14. The number of aromatic nitrogens is 1. The highest BCUT2D eigenvalue weighted by Crippen LogP contribution is 2.29. The quantitative estimate of drug-likeness (QED) is 0.889. The highest BCUT2D eigenvalue weighted by Gasteiger charge is 2.17. The number of oxazole rings is 1. The molecule has 1 aromatic carbocycles. The molecule has 1 heterocycles. The van der Waals surface area contributed by atoms with Crippen molar-refractivity contribution in [1.82, 2.24) is 4.98 Å². The van der Waals surface area contributed by atoms with E-state index < -0.39 is 0 Å². The van der Waals surface area contributed by atoms with E-state index >= 15 is 0 Å². The minimum atomic E-state index is -0.314. The normalized spacial score (nSPS) is 11.1. The van der Waals surface area contributed by atoms with E-state index in [4.69, 9.17) is 9.52 Å². The Labute approximate surface area is 98.9 Å². The summed E-state index contributed by atoms with van der Waals surface area (Å²) in [6.45, 7) is 3.67. The predicted octanol–water partition coefficient (Wildman–Crippen LogP) is 3.10. The molecular formula is C13H14FNO2. The van der Waals surface area contributed by atoms with Gasteiger partial charge in [0.15, 0.2) is 0 Å². The fraction of sp³-hybridized carbons (Fsp3) is 0.308. The zero-order valence-electron chi connectivity index (χ0n) is 9.77. The Bertz CT molecular complexity index is 520. The van der Waals surface area contributed by atoms with Gasteiger partial charge in [-0.15, -0.1) is 0 Å². The molecule has 0 aliphatic heterocycles. The van der Waals surface area contributed by atoms with Crippen LogP contribution in [-0.4, -0.2) is 10.1 Å². The predicted molar refractivity (Wildman–Crippen MR) is 61.9 cm³/mol. The summed E-state index contributed by atoms with van der Waals surface area (Å²) in [6.07, 6.45) is 0. The molecule has 3 nitrogen and oxygen atoms in total. The molecule has 0 bridgehead atoms. The number of hydrogen-bond donors (Lipinski definition) is 1. The summed E-state index contributed by atoms with van der Waals surface area (Å²) in [5, 5.41) is 9.03. The molecule has 0 amide bonds. The van der Waals surface area contributed by atoms with Gasteiger partial charge in [-0.1, -0.05) is 26.0 Å². The summed E-state index contributed by atoms with van der Waals surface area (Å²) in [4.78, 5) is 4.18. The van der Waals surface area contributed by atoms with Gasteiger partial charge in [-0.05, 0) is 12.1 Å². The van der Waals surface area contributed by atoms with Crippen molar-refractivity contribution in [3.05, 3.63) is 41.7 Å². The first kappa shape index (κ1) is 11.8. The van der Waals surface area contributed by atoms with Crippen LogP contribution in [0, 0.1) is 5.82 Å². The molecule has 0 saturated heterocycles. The molecule has 0 saturated carbocycles. The Balaban J connectivity index is 2.53. The molecule has 0 spiro atoms. The average molecular weight is 235 g/mol. The molecule has 0 atom stereocenters. The zero-order chi connectivity index (χ0) is 12.4. The number of benzene rings is 1. The van der Waals surface area contributed by atoms with Crippen LogP contribution in [0.15, 0.2) is 28.7 Å². The van der Waals surface area contributed by atoms with Crippen molar-refractivity contribution in [3.8, 4) is 11.3 Å². The summed E-state index contributed by atoms with van der Waals surface area (Å²) in [5.74, 6) is 0.736. The monoisotopic (exact) mass is 235 g/mol. The van der Waals surface area contributed by atoms with Crippen LogP contribution in [0.4, 0.5) is 4.39 Å². The summed E-state index contributed by atoms with van der Waals surface area (Å²) >= 11 is 0. The van der Waals surface area contributed by atoms with Crippen LogP contribution in [0.25, 0.3) is 11.3 Å². The van der Waals surface area contributed by atoms with Crippen molar-refractivity contribution >= 4 is 0 Å². The second kappa shape index (κ2) is 4.67. The lowest BCUT2D eigenvalue weighted by atomic mass is 10.0. The lowest BCUT2D eigenvalue weighted by Gasteiger charge is -2.03. The van der Waals surface area contributed by atoms with Gasteiger partial charge < -0.3 is 9.52 Å². The van der Waals surface area contributed by atoms with Crippen molar-refractivity contribution in [2.24, 2.45) is 0 Å². The maximum Gasteiger partial charge on any atom is 0.220 e. The highest BCUT2D eigenvalue weighted by molar-refractivity contribution is 5.61. The third-order valence-electron chi connectivity index (χ3n) is 2.46. The molecule has 17 heavy (non-hydrogen) atoms. The van der Waals surface area contributed by atoms with Crippen molar-refractivity contribution in [2.75, 3.05) is 0 Å². The van der Waals surface area contributed by atoms with Gasteiger partial charge in [-0.25, -0.2) is 9.37 Å². The van der Waals surface area contributed by atoms with Crippen LogP contribution in [0.2, 0.25) is 0 Å². The van der Waals surface area contributed by atoms with Crippen molar-refractivity contribution in [3.63, 3.8) is 0 Å². The minimum absolute atomic E-state index is 0.126. The first-order valence-electron chi connectivity index (χ1n) is 5.48. The molecule has 0 unspecified atom stereocenters. The smallest absolute Gasteiger partial charge is 0.220 e. The highest BCUT2D eigenvalue weighted by atomic mass is 19.1. The fourth-order valence-electron chi connectivity index (χ4n) is 1.68. The lowest BCUT2D eigenvalue weighted by Crippen LogP contribution is -1.89. The number of rotatable bonds is 3. The Kier molecular flexibility index (Phi) is 3.24. The van der Waals surface area contributed by atoms with E-state index in [0.29, 0.717) is 17.0 Å². The third-order valence-corrected chi connectivity index (χ3v) is 2.46. The molecule has 0 fully saturated rings. The lowest BCUT2D eigenvalue weighted by molar-refractivity contribution is 0.235. The van der Waals surface area contributed by atoms with E-state index in [1.54, 1.807) is 12.1 Å². The SMILES string of the molecule is CC(C)c1oc(CO)nc1-c1cccc(F)c1. The molecule has 0 aliphatic carbocycles. The number of halogens is 1.